The molecule has 0 saturated carbocycles. The lowest BCUT2D eigenvalue weighted by Crippen LogP contribution is -2.23. The number of nitrogens with two attached hydrogens (primary N) is 1. The van der Waals surface area contributed by atoms with Gasteiger partial charge in [-0.05, 0) is 54.4 Å². The van der Waals surface area contributed by atoms with Crippen LogP contribution in [0.3, 0.4) is 0 Å². The molecule has 3 aromatic rings. The molecule has 0 aliphatic rings. The first kappa shape index (κ1) is 21.4. The van der Waals surface area contributed by atoms with Crippen LogP contribution >= 0.6 is 0 Å². The average Bonchev–Trinajstić information content (AvgIpc) is 2.68. The van der Waals surface area contributed by atoms with Gasteiger partial charge in [0.1, 0.15) is 11.6 Å². The van der Waals surface area contributed by atoms with Crippen LogP contribution in [0, 0.1) is 5.82 Å². The molecule has 1 heterocycles. The van der Waals surface area contributed by atoms with E-state index < -0.39 is 27.3 Å². The molecular weight excluding hydrogens is 411 g/mol. The highest BCUT2D eigenvalue weighted by molar-refractivity contribution is 7.85. The van der Waals surface area contributed by atoms with Crippen molar-refractivity contribution in [3.8, 4) is 5.69 Å². The lowest BCUT2D eigenvalue weighted by molar-refractivity contribution is 0.103. The third kappa shape index (κ3) is 5.00. The molecule has 7 nitrogen and oxygen atoms in total. The van der Waals surface area contributed by atoms with Crippen LogP contribution in [0.1, 0.15) is 21.5 Å². The van der Waals surface area contributed by atoms with Crippen LogP contribution in [0.15, 0.2) is 65.5 Å². The Morgan fingerprint density at radius 3 is 2.27 bits per heavy atom. The van der Waals surface area contributed by atoms with E-state index in [1.807, 2.05) is 0 Å². The summed E-state index contributed by atoms with van der Waals surface area (Å²) in [5, 5.41) is 0. The number of pyridine rings is 1. The van der Waals surface area contributed by atoms with E-state index in [0.717, 1.165) is 11.8 Å². The molecule has 2 aromatic carbocycles. The maximum atomic E-state index is 13.1. The Hall–Kier alpha value is -3.30. The normalized spacial score (nSPS) is 11.4. The van der Waals surface area contributed by atoms with Crippen molar-refractivity contribution in [3.63, 3.8) is 0 Å². The van der Waals surface area contributed by atoms with E-state index in [9.17, 15) is 22.4 Å². The Morgan fingerprint density at radius 1 is 1.03 bits per heavy atom. The van der Waals surface area contributed by atoms with Gasteiger partial charge in [-0.1, -0.05) is 12.1 Å². The van der Waals surface area contributed by atoms with Crippen molar-refractivity contribution in [3.05, 3.63) is 93.5 Å². The predicted molar refractivity (Wildman–Crippen MR) is 111 cm³/mol. The third-order valence-electron chi connectivity index (χ3n) is 4.36. The van der Waals surface area contributed by atoms with Crippen molar-refractivity contribution < 1.29 is 21.8 Å². The fraction of sp³-hybridized carbons (Fsp3) is 0.143. The van der Waals surface area contributed by atoms with Crippen LogP contribution in [-0.4, -0.2) is 31.6 Å². The van der Waals surface area contributed by atoms with Gasteiger partial charge in [0.15, 0.2) is 5.78 Å². The van der Waals surface area contributed by atoms with Crippen LogP contribution in [0.5, 0.6) is 0 Å². The van der Waals surface area contributed by atoms with Crippen molar-refractivity contribution in [2.45, 2.75) is 6.42 Å². The number of aromatic nitrogens is 1. The first-order chi connectivity index (χ1) is 14.2. The molecule has 0 aliphatic heterocycles. The smallest absolute Gasteiger partial charge is 0.264 e. The van der Waals surface area contributed by atoms with Gasteiger partial charge in [-0.2, -0.15) is 8.42 Å². The Balaban J connectivity index is 1.89. The molecule has 156 valence electrons. The van der Waals surface area contributed by atoms with Gasteiger partial charge in [0.05, 0.1) is 24.1 Å². The van der Waals surface area contributed by atoms with Crippen LogP contribution in [-0.2, 0) is 20.7 Å². The van der Waals surface area contributed by atoms with E-state index in [4.69, 9.17) is 9.92 Å². The minimum absolute atomic E-state index is 0.00191. The lowest BCUT2D eigenvalue weighted by Gasteiger charge is -2.13. The molecule has 0 aliphatic carbocycles. The second-order valence-corrected chi connectivity index (χ2v) is 8.23. The molecular formula is C21H19FN2O5S. The summed E-state index contributed by atoms with van der Waals surface area (Å²) in [6.45, 7) is 0.00191. The molecule has 0 atom stereocenters. The Kier molecular flexibility index (Phi) is 6.14. The van der Waals surface area contributed by atoms with Gasteiger partial charge in [-0.3, -0.25) is 18.3 Å². The number of halogens is 1. The highest BCUT2D eigenvalue weighted by Gasteiger charge is 2.17. The predicted octanol–water partition coefficient (Wildman–Crippen LogP) is 2.31. The number of nitrogens with zero attached hydrogens (tertiary/aromatic N) is 1. The summed E-state index contributed by atoms with van der Waals surface area (Å²) in [4.78, 5) is 25.1. The van der Waals surface area contributed by atoms with E-state index in [-0.39, 0.29) is 23.6 Å². The highest BCUT2D eigenvalue weighted by Crippen LogP contribution is 2.19. The van der Waals surface area contributed by atoms with E-state index in [1.54, 1.807) is 24.3 Å². The molecule has 0 amide bonds. The molecule has 0 radical (unpaired) electrons. The van der Waals surface area contributed by atoms with Crippen molar-refractivity contribution >= 4 is 21.7 Å². The Labute approximate surface area is 172 Å². The maximum absolute atomic E-state index is 13.1. The SMILES string of the molecule is CS(=O)(=O)OCCc1ccc(-n2c(N)c(C(=O)c3ccc(F)cc3)ccc2=O)cc1. The monoisotopic (exact) mass is 430 g/mol. The molecule has 0 spiro atoms. The average molecular weight is 430 g/mol. The number of benzene rings is 2. The minimum Gasteiger partial charge on any atom is -0.384 e. The zero-order chi connectivity index (χ0) is 21.9. The quantitative estimate of drug-likeness (QED) is 0.455. The summed E-state index contributed by atoms with van der Waals surface area (Å²) in [6.07, 6.45) is 1.34. The molecule has 0 fully saturated rings. The fourth-order valence-electron chi connectivity index (χ4n) is 2.89. The van der Waals surface area contributed by atoms with Crippen LogP contribution in [0.25, 0.3) is 5.69 Å². The maximum Gasteiger partial charge on any atom is 0.264 e. The number of nitrogen functional groups attached to an aromatic ring is 1. The minimum atomic E-state index is -3.51. The summed E-state index contributed by atoms with van der Waals surface area (Å²) in [5.41, 5.74) is 7.32. The Morgan fingerprint density at radius 2 is 1.67 bits per heavy atom. The molecule has 1 aromatic heterocycles. The third-order valence-corrected chi connectivity index (χ3v) is 4.96. The number of rotatable bonds is 7. The number of anilines is 1. The van der Waals surface area contributed by atoms with Gasteiger partial charge in [0, 0.05) is 11.6 Å². The molecule has 0 bridgehead atoms. The van der Waals surface area contributed by atoms with Crippen LogP contribution in [0.2, 0.25) is 0 Å². The van der Waals surface area contributed by atoms with Crippen molar-refractivity contribution in [2.24, 2.45) is 0 Å². The number of carbonyl (C=O) groups excluding carboxylic acids is 1. The number of hydrogen-bond donors (Lipinski definition) is 1. The van der Waals surface area contributed by atoms with Crippen molar-refractivity contribution in [1.82, 2.24) is 4.57 Å². The van der Waals surface area contributed by atoms with E-state index >= 15 is 0 Å². The summed E-state index contributed by atoms with van der Waals surface area (Å²) in [6, 6.07) is 14.3. The molecule has 0 saturated heterocycles. The summed E-state index contributed by atoms with van der Waals surface area (Å²) in [5.74, 6) is -0.938. The molecule has 2 N–H and O–H groups in total. The summed E-state index contributed by atoms with van der Waals surface area (Å²) < 4.78 is 41.1. The first-order valence-corrected chi connectivity index (χ1v) is 10.7. The van der Waals surface area contributed by atoms with E-state index in [2.05, 4.69) is 0 Å². The van der Waals surface area contributed by atoms with Gasteiger partial charge >= 0.3 is 0 Å². The van der Waals surface area contributed by atoms with Crippen LogP contribution in [0.4, 0.5) is 10.2 Å². The van der Waals surface area contributed by atoms with Crippen molar-refractivity contribution in [1.29, 1.82) is 0 Å². The van der Waals surface area contributed by atoms with E-state index in [0.29, 0.717) is 12.1 Å². The second-order valence-electron chi connectivity index (χ2n) is 6.58. The van der Waals surface area contributed by atoms with Gasteiger partial charge < -0.3 is 5.73 Å². The highest BCUT2D eigenvalue weighted by atomic mass is 32.2. The lowest BCUT2D eigenvalue weighted by atomic mass is 10.0. The van der Waals surface area contributed by atoms with Gasteiger partial charge in [0.25, 0.3) is 15.7 Å². The van der Waals surface area contributed by atoms with E-state index in [1.165, 1.54) is 41.0 Å². The number of carbonyl (C=O) groups is 1. The first-order valence-electron chi connectivity index (χ1n) is 8.91. The Bertz CT molecular complexity index is 1230. The zero-order valence-electron chi connectivity index (χ0n) is 16.0. The topological polar surface area (TPSA) is 108 Å². The standard InChI is InChI=1S/C21H19FN2O5S/c1-30(27,28)29-13-12-14-2-8-17(9-3-14)24-19(25)11-10-18(21(24)23)20(26)15-4-6-16(22)7-5-15/h2-11H,12-13,23H2,1H3. The summed E-state index contributed by atoms with van der Waals surface area (Å²) in [7, 11) is -3.51. The second kappa shape index (κ2) is 8.60. The van der Waals surface area contributed by atoms with Gasteiger partial charge in [-0.25, -0.2) is 4.39 Å². The number of hydrogen-bond acceptors (Lipinski definition) is 6. The van der Waals surface area contributed by atoms with Gasteiger partial charge in [0.2, 0.25) is 0 Å². The van der Waals surface area contributed by atoms with Crippen LogP contribution < -0.4 is 11.3 Å². The molecule has 0 unspecified atom stereocenters. The van der Waals surface area contributed by atoms with Gasteiger partial charge in [-0.15, -0.1) is 0 Å². The molecule has 9 heteroatoms. The number of ketones is 1. The molecule has 30 heavy (non-hydrogen) atoms. The summed E-state index contributed by atoms with van der Waals surface area (Å²) >= 11 is 0. The zero-order valence-corrected chi connectivity index (χ0v) is 16.9. The van der Waals surface area contributed by atoms with Crippen molar-refractivity contribution in [2.75, 3.05) is 18.6 Å². The largest absolute Gasteiger partial charge is 0.384 e. The fourth-order valence-corrected chi connectivity index (χ4v) is 3.28. The molecule has 3 rings (SSSR count).